The molecule has 0 amide bonds. The largest absolute Gasteiger partial charge is 0.365 e. The molecule has 1 aliphatic heterocycles. The van der Waals surface area contributed by atoms with E-state index in [9.17, 15) is 0 Å². The van der Waals surface area contributed by atoms with Crippen molar-refractivity contribution in [3.8, 4) is 0 Å². The first-order chi connectivity index (χ1) is 5.93. The third-order valence-electron chi connectivity index (χ3n) is 2.49. The van der Waals surface area contributed by atoms with Crippen LogP contribution in [0.15, 0.2) is 23.5 Å². The van der Waals surface area contributed by atoms with Gasteiger partial charge in [0.05, 0.1) is 0 Å². The number of dihydropyridines is 1. The van der Waals surface area contributed by atoms with E-state index in [1.165, 1.54) is 5.70 Å². The van der Waals surface area contributed by atoms with Gasteiger partial charge in [-0.05, 0) is 29.5 Å². The van der Waals surface area contributed by atoms with E-state index >= 15 is 0 Å². The van der Waals surface area contributed by atoms with Gasteiger partial charge in [0.15, 0.2) is 0 Å². The van der Waals surface area contributed by atoms with Crippen LogP contribution in [0.1, 0.15) is 41.0 Å². The second kappa shape index (κ2) is 3.57. The summed E-state index contributed by atoms with van der Waals surface area (Å²) in [6.07, 6.45) is 5.36. The molecule has 0 aromatic rings. The minimum atomic E-state index is 0.289. The van der Waals surface area contributed by atoms with Crippen LogP contribution in [0.3, 0.4) is 0 Å². The SMILES string of the molecule is CC(C)C1=C(C(C)(C)C)CC=CN1. The average Bonchev–Trinajstić information content (AvgIpc) is 2.03. The summed E-state index contributed by atoms with van der Waals surface area (Å²) in [4.78, 5) is 0. The predicted molar refractivity (Wildman–Crippen MR) is 58.2 cm³/mol. The Labute approximate surface area is 81.9 Å². The van der Waals surface area contributed by atoms with Crippen LogP contribution in [0.2, 0.25) is 0 Å². The molecule has 0 saturated heterocycles. The topological polar surface area (TPSA) is 12.0 Å². The second-order valence-corrected chi connectivity index (χ2v) is 5.05. The lowest BCUT2D eigenvalue weighted by Gasteiger charge is -2.30. The van der Waals surface area contributed by atoms with Gasteiger partial charge in [0.2, 0.25) is 0 Å². The van der Waals surface area contributed by atoms with Crippen molar-refractivity contribution in [1.82, 2.24) is 5.32 Å². The smallest absolute Gasteiger partial charge is 0.0172 e. The van der Waals surface area contributed by atoms with Gasteiger partial charge in [-0.1, -0.05) is 40.7 Å². The van der Waals surface area contributed by atoms with Gasteiger partial charge < -0.3 is 5.32 Å². The van der Waals surface area contributed by atoms with Crippen molar-refractivity contribution in [3.63, 3.8) is 0 Å². The highest BCUT2D eigenvalue weighted by molar-refractivity contribution is 5.27. The second-order valence-electron chi connectivity index (χ2n) is 5.05. The highest BCUT2D eigenvalue weighted by Crippen LogP contribution is 2.34. The molecule has 1 nitrogen and oxygen atoms in total. The van der Waals surface area contributed by atoms with Gasteiger partial charge >= 0.3 is 0 Å². The third-order valence-corrected chi connectivity index (χ3v) is 2.49. The quantitative estimate of drug-likeness (QED) is 0.650. The molecule has 0 saturated carbocycles. The first-order valence-electron chi connectivity index (χ1n) is 5.08. The van der Waals surface area contributed by atoms with Crippen LogP contribution >= 0.6 is 0 Å². The number of allylic oxidation sites excluding steroid dienone is 3. The lowest BCUT2D eigenvalue weighted by Crippen LogP contribution is -2.23. The van der Waals surface area contributed by atoms with Crippen LogP contribution in [0.25, 0.3) is 0 Å². The molecule has 1 aliphatic rings. The third kappa shape index (κ3) is 2.36. The van der Waals surface area contributed by atoms with Crippen molar-refractivity contribution in [3.05, 3.63) is 23.5 Å². The summed E-state index contributed by atoms with van der Waals surface area (Å²) in [5, 5.41) is 3.37. The van der Waals surface area contributed by atoms with Gasteiger partial charge in [0.25, 0.3) is 0 Å². The van der Waals surface area contributed by atoms with Crippen molar-refractivity contribution in [2.45, 2.75) is 41.0 Å². The molecular formula is C12H21N. The van der Waals surface area contributed by atoms with Crippen molar-refractivity contribution < 1.29 is 0 Å². The van der Waals surface area contributed by atoms with Crippen molar-refractivity contribution in [1.29, 1.82) is 0 Å². The molecule has 0 bridgehead atoms. The standard InChI is InChI=1S/C12H21N/c1-9(2)11-10(12(3,4)5)7-6-8-13-11/h6,8-9,13H,7H2,1-5H3. The summed E-state index contributed by atoms with van der Waals surface area (Å²) < 4.78 is 0. The van der Waals surface area contributed by atoms with E-state index in [0.29, 0.717) is 5.92 Å². The highest BCUT2D eigenvalue weighted by Gasteiger charge is 2.22. The fourth-order valence-electron chi connectivity index (χ4n) is 1.75. The fraction of sp³-hybridized carbons (Fsp3) is 0.667. The maximum Gasteiger partial charge on any atom is 0.0172 e. The molecule has 74 valence electrons. The lowest BCUT2D eigenvalue weighted by atomic mass is 9.80. The first-order valence-corrected chi connectivity index (χ1v) is 5.08. The summed E-state index contributed by atoms with van der Waals surface area (Å²) in [5.41, 5.74) is 3.25. The Balaban J connectivity index is 2.99. The Hall–Kier alpha value is -0.720. The van der Waals surface area contributed by atoms with Gasteiger partial charge in [-0.15, -0.1) is 0 Å². The predicted octanol–water partition coefficient (Wildman–Crippen LogP) is 3.45. The molecule has 1 N–H and O–H groups in total. The number of rotatable bonds is 1. The Morgan fingerprint density at radius 3 is 2.31 bits per heavy atom. The van der Waals surface area contributed by atoms with E-state index in [1.54, 1.807) is 5.57 Å². The minimum absolute atomic E-state index is 0.289. The van der Waals surface area contributed by atoms with E-state index in [0.717, 1.165) is 6.42 Å². The van der Waals surface area contributed by atoms with E-state index in [-0.39, 0.29) is 5.41 Å². The van der Waals surface area contributed by atoms with Crippen molar-refractivity contribution >= 4 is 0 Å². The van der Waals surface area contributed by atoms with Gasteiger partial charge in [-0.3, -0.25) is 0 Å². The molecule has 0 spiro atoms. The summed E-state index contributed by atoms with van der Waals surface area (Å²) >= 11 is 0. The van der Waals surface area contributed by atoms with Gasteiger partial charge in [0, 0.05) is 5.70 Å². The molecule has 0 atom stereocenters. The van der Waals surface area contributed by atoms with Crippen LogP contribution < -0.4 is 5.32 Å². The summed E-state index contributed by atoms with van der Waals surface area (Å²) in [5.74, 6) is 0.596. The molecule has 0 aromatic heterocycles. The van der Waals surface area contributed by atoms with Crippen LogP contribution in [0.5, 0.6) is 0 Å². The van der Waals surface area contributed by atoms with Crippen molar-refractivity contribution in [2.24, 2.45) is 11.3 Å². The molecule has 0 radical (unpaired) electrons. The maximum atomic E-state index is 3.37. The molecule has 1 heterocycles. The summed E-state index contributed by atoms with van der Waals surface area (Å²) in [6.45, 7) is 11.3. The van der Waals surface area contributed by atoms with E-state index < -0.39 is 0 Å². The monoisotopic (exact) mass is 179 g/mol. The van der Waals surface area contributed by atoms with Gasteiger partial charge in [0.1, 0.15) is 0 Å². The molecule has 13 heavy (non-hydrogen) atoms. The maximum absolute atomic E-state index is 3.37. The zero-order valence-electron chi connectivity index (χ0n) is 9.44. The van der Waals surface area contributed by atoms with Crippen LogP contribution in [-0.4, -0.2) is 0 Å². The molecule has 1 heteroatoms. The number of nitrogens with one attached hydrogen (secondary N) is 1. The molecule has 1 rings (SSSR count). The number of hydrogen-bond donors (Lipinski definition) is 1. The normalized spacial score (nSPS) is 18.0. The van der Waals surface area contributed by atoms with Crippen molar-refractivity contribution in [2.75, 3.05) is 0 Å². The van der Waals surface area contributed by atoms with Gasteiger partial charge in [-0.25, -0.2) is 0 Å². The molecular weight excluding hydrogens is 158 g/mol. The fourth-order valence-corrected chi connectivity index (χ4v) is 1.75. The van der Waals surface area contributed by atoms with E-state index in [2.05, 4.69) is 52.2 Å². The zero-order chi connectivity index (χ0) is 10.1. The van der Waals surface area contributed by atoms with Crippen LogP contribution in [-0.2, 0) is 0 Å². The lowest BCUT2D eigenvalue weighted by molar-refractivity contribution is 0.468. The van der Waals surface area contributed by atoms with Crippen LogP contribution in [0, 0.1) is 11.3 Å². The first kappa shape index (κ1) is 10.4. The minimum Gasteiger partial charge on any atom is -0.365 e. The van der Waals surface area contributed by atoms with Gasteiger partial charge in [-0.2, -0.15) is 0 Å². The summed E-state index contributed by atoms with van der Waals surface area (Å²) in [7, 11) is 0. The molecule has 0 aromatic carbocycles. The Kier molecular flexibility index (Phi) is 2.84. The molecule has 0 aliphatic carbocycles. The highest BCUT2D eigenvalue weighted by atomic mass is 14.9. The van der Waals surface area contributed by atoms with Crippen LogP contribution in [0.4, 0.5) is 0 Å². The van der Waals surface area contributed by atoms with E-state index in [4.69, 9.17) is 0 Å². The molecule has 0 unspecified atom stereocenters. The average molecular weight is 179 g/mol. The Bertz CT molecular complexity index is 238. The van der Waals surface area contributed by atoms with E-state index in [1.807, 2.05) is 0 Å². The Morgan fingerprint density at radius 2 is 1.92 bits per heavy atom. The molecule has 0 fully saturated rings. The Morgan fingerprint density at radius 1 is 1.31 bits per heavy atom. The summed E-state index contributed by atoms with van der Waals surface area (Å²) in [6, 6.07) is 0. The zero-order valence-corrected chi connectivity index (χ0v) is 9.44. The number of hydrogen-bond acceptors (Lipinski definition) is 1.